The van der Waals surface area contributed by atoms with Crippen LogP contribution >= 0.6 is 35.0 Å². The minimum absolute atomic E-state index is 0.288. The molecule has 0 aliphatic heterocycles. The van der Waals surface area contributed by atoms with Crippen LogP contribution in [-0.4, -0.2) is 14.8 Å². The van der Waals surface area contributed by atoms with Crippen LogP contribution in [0.3, 0.4) is 0 Å². The highest BCUT2D eigenvalue weighted by Crippen LogP contribution is 2.28. The Labute approximate surface area is 183 Å². The van der Waals surface area contributed by atoms with Gasteiger partial charge in [-0.05, 0) is 48.0 Å². The van der Waals surface area contributed by atoms with Gasteiger partial charge in [0.15, 0.2) is 11.0 Å². The fraction of sp³-hybridized carbons (Fsp3) is 0.0909. The molecule has 0 saturated carbocycles. The molecule has 0 spiro atoms. The van der Waals surface area contributed by atoms with E-state index in [4.69, 9.17) is 27.9 Å². The highest BCUT2D eigenvalue weighted by atomic mass is 35.5. The Bertz CT molecular complexity index is 1080. The van der Waals surface area contributed by atoms with E-state index in [1.165, 1.54) is 0 Å². The number of hydrogen-bond acceptors (Lipinski definition) is 4. The lowest BCUT2D eigenvalue weighted by molar-refractivity contribution is 0.293. The van der Waals surface area contributed by atoms with E-state index in [9.17, 15) is 0 Å². The van der Waals surface area contributed by atoms with E-state index in [0.29, 0.717) is 16.6 Å². The smallest absolute Gasteiger partial charge is 0.196 e. The maximum absolute atomic E-state index is 6.30. The van der Waals surface area contributed by atoms with E-state index in [1.54, 1.807) is 23.9 Å². The zero-order chi connectivity index (χ0) is 20.1. The fourth-order valence-electron chi connectivity index (χ4n) is 2.76. The fourth-order valence-corrected chi connectivity index (χ4v) is 4.14. The molecule has 1 heterocycles. The van der Waals surface area contributed by atoms with Gasteiger partial charge in [0.2, 0.25) is 0 Å². The first-order chi connectivity index (χ1) is 14.2. The van der Waals surface area contributed by atoms with E-state index in [-0.39, 0.29) is 6.61 Å². The molecule has 146 valence electrons. The number of ether oxygens (including phenoxy) is 1. The van der Waals surface area contributed by atoms with Gasteiger partial charge in [-0.15, -0.1) is 10.2 Å². The number of hydrogen-bond donors (Lipinski definition) is 0. The summed E-state index contributed by atoms with van der Waals surface area (Å²) in [6.07, 6.45) is 0. The average molecular weight is 442 g/mol. The third-order valence-corrected chi connectivity index (χ3v) is 5.81. The van der Waals surface area contributed by atoms with Crippen molar-refractivity contribution in [2.45, 2.75) is 17.5 Å². The van der Waals surface area contributed by atoms with E-state index < -0.39 is 0 Å². The predicted octanol–water partition coefficient (Wildman–Crippen LogP) is 6.45. The Morgan fingerprint density at radius 2 is 1.55 bits per heavy atom. The number of benzene rings is 3. The van der Waals surface area contributed by atoms with Crippen molar-refractivity contribution in [1.82, 2.24) is 14.8 Å². The van der Waals surface area contributed by atoms with Crippen molar-refractivity contribution in [3.63, 3.8) is 0 Å². The number of rotatable bonds is 7. The summed E-state index contributed by atoms with van der Waals surface area (Å²) >= 11 is 13.8. The van der Waals surface area contributed by atoms with Crippen molar-refractivity contribution in [1.29, 1.82) is 0 Å². The second-order valence-electron chi connectivity index (χ2n) is 6.19. The van der Waals surface area contributed by atoms with Gasteiger partial charge < -0.3 is 4.74 Å². The summed E-state index contributed by atoms with van der Waals surface area (Å²) in [4.78, 5) is 0. The molecule has 0 atom stereocenters. The lowest BCUT2D eigenvalue weighted by Gasteiger charge is -2.11. The van der Waals surface area contributed by atoms with Crippen molar-refractivity contribution >= 4 is 35.0 Å². The second kappa shape index (κ2) is 9.35. The summed E-state index contributed by atoms with van der Waals surface area (Å²) in [6, 6.07) is 25.1. The molecule has 0 aliphatic carbocycles. The monoisotopic (exact) mass is 441 g/mol. The molecule has 0 saturated heterocycles. The SMILES string of the molecule is Clc1ccc(OCc2nnc(SCc3ccccc3Cl)n2-c2ccccc2)cc1. The van der Waals surface area contributed by atoms with Crippen LogP contribution in [0.2, 0.25) is 10.0 Å². The minimum Gasteiger partial charge on any atom is -0.486 e. The number of halogens is 2. The van der Waals surface area contributed by atoms with Crippen molar-refractivity contribution in [2.75, 3.05) is 0 Å². The van der Waals surface area contributed by atoms with Crippen LogP contribution in [-0.2, 0) is 12.4 Å². The highest BCUT2D eigenvalue weighted by Gasteiger charge is 2.15. The molecule has 0 fully saturated rings. The largest absolute Gasteiger partial charge is 0.486 e. The Balaban J connectivity index is 1.58. The number of nitrogens with zero attached hydrogens (tertiary/aromatic N) is 3. The van der Waals surface area contributed by atoms with Gasteiger partial charge in [0.25, 0.3) is 0 Å². The van der Waals surface area contributed by atoms with Crippen molar-refractivity contribution < 1.29 is 4.74 Å². The second-order valence-corrected chi connectivity index (χ2v) is 7.98. The minimum atomic E-state index is 0.288. The van der Waals surface area contributed by atoms with Gasteiger partial charge in [0.1, 0.15) is 12.4 Å². The van der Waals surface area contributed by atoms with Gasteiger partial charge in [-0.2, -0.15) is 0 Å². The standard InChI is InChI=1S/C22H17Cl2N3OS/c23-17-10-12-19(13-11-17)28-14-21-25-26-22(27(21)18-7-2-1-3-8-18)29-15-16-6-4-5-9-20(16)24/h1-13H,14-15H2. The molecule has 0 N–H and O–H groups in total. The van der Waals surface area contributed by atoms with Crippen LogP contribution in [0.4, 0.5) is 0 Å². The number of thioether (sulfide) groups is 1. The van der Waals surface area contributed by atoms with Gasteiger partial charge >= 0.3 is 0 Å². The predicted molar refractivity (Wildman–Crippen MR) is 118 cm³/mol. The molecule has 29 heavy (non-hydrogen) atoms. The highest BCUT2D eigenvalue weighted by molar-refractivity contribution is 7.98. The van der Waals surface area contributed by atoms with E-state index in [2.05, 4.69) is 10.2 Å². The third-order valence-electron chi connectivity index (χ3n) is 4.21. The molecule has 0 radical (unpaired) electrons. The zero-order valence-corrected chi connectivity index (χ0v) is 17.7. The van der Waals surface area contributed by atoms with Crippen LogP contribution in [0.5, 0.6) is 5.75 Å². The topological polar surface area (TPSA) is 39.9 Å². The molecule has 3 aromatic carbocycles. The maximum Gasteiger partial charge on any atom is 0.196 e. The first-order valence-electron chi connectivity index (χ1n) is 8.95. The molecule has 0 amide bonds. The summed E-state index contributed by atoms with van der Waals surface area (Å²) in [5.74, 6) is 2.14. The quantitative estimate of drug-likeness (QED) is 0.309. The Hall–Kier alpha value is -2.47. The molecule has 0 aliphatic rings. The molecule has 0 unspecified atom stereocenters. The zero-order valence-electron chi connectivity index (χ0n) is 15.3. The molecular formula is C22H17Cl2N3OS. The normalized spacial score (nSPS) is 10.8. The van der Waals surface area contributed by atoms with Crippen LogP contribution in [0.1, 0.15) is 11.4 Å². The van der Waals surface area contributed by atoms with Gasteiger partial charge in [0.05, 0.1) is 0 Å². The molecule has 4 rings (SSSR count). The molecule has 4 aromatic rings. The third kappa shape index (κ3) is 4.93. The molecule has 7 heteroatoms. The Morgan fingerprint density at radius 3 is 2.31 bits per heavy atom. The lowest BCUT2D eigenvalue weighted by atomic mass is 10.2. The van der Waals surface area contributed by atoms with Gasteiger partial charge in [-0.25, -0.2) is 0 Å². The summed E-state index contributed by atoms with van der Waals surface area (Å²) in [5.41, 5.74) is 2.04. The van der Waals surface area contributed by atoms with E-state index in [1.807, 2.05) is 71.3 Å². The number of aromatic nitrogens is 3. The summed E-state index contributed by atoms with van der Waals surface area (Å²) in [5, 5.41) is 11.0. The van der Waals surface area contributed by atoms with Gasteiger partial charge in [-0.3, -0.25) is 4.57 Å². The van der Waals surface area contributed by atoms with Crippen molar-refractivity contribution in [3.05, 3.63) is 100 Å². The van der Waals surface area contributed by atoms with Gasteiger partial charge in [-0.1, -0.05) is 71.4 Å². The summed E-state index contributed by atoms with van der Waals surface area (Å²) < 4.78 is 7.90. The summed E-state index contributed by atoms with van der Waals surface area (Å²) in [6.45, 7) is 0.288. The number of para-hydroxylation sites is 1. The molecule has 4 nitrogen and oxygen atoms in total. The molecular weight excluding hydrogens is 425 g/mol. The lowest BCUT2D eigenvalue weighted by Crippen LogP contribution is -2.06. The Kier molecular flexibility index (Phi) is 6.39. The van der Waals surface area contributed by atoms with Crippen molar-refractivity contribution in [3.8, 4) is 11.4 Å². The molecule has 0 bridgehead atoms. The van der Waals surface area contributed by atoms with Crippen LogP contribution in [0, 0.1) is 0 Å². The Morgan fingerprint density at radius 1 is 0.828 bits per heavy atom. The first-order valence-corrected chi connectivity index (χ1v) is 10.7. The van der Waals surface area contributed by atoms with Crippen LogP contribution < -0.4 is 4.74 Å². The molecule has 1 aromatic heterocycles. The van der Waals surface area contributed by atoms with Crippen molar-refractivity contribution in [2.24, 2.45) is 0 Å². The van der Waals surface area contributed by atoms with E-state index in [0.717, 1.165) is 27.2 Å². The average Bonchev–Trinajstić information content (AvgIpc) is 3.16. The van der Waals surface area contributed by atoms with Crippen LogP contribution in [0.15, 0.2) is 84.0 Å². The van der Waals surface area contributed by atoms with E-state index >= 15 is 0 Å². The summed E-state index contributed by atoms with van der Waals surface area (Å²) in [7, 11) is 0. The van der Waals surface area contributed by atoms with Crippen LogP contribution in [0.25, 0.3) is 5.69 Å². The van der Waals surface area contributed by atoms with Gasteiger partial charge in [0, 0.05) is 21.5 Å². The maximum atomic E-state index is 6.30. The first kappa shape index (κ1) is 19.8.